The number of nitrogens with one attached hydrogen (secondary N) is 1. The number of hydrogen-bond acceptors (Lipinski definition) is 6. The van der Waals surface area contributed by atoms with E-state index in [9.17, 15) is 18.3 Å². The Bertz CT molecular complexity index is 516. The average molecular weight is 453 g/mol. The molecule has 0 saturated heterocycles. The van der Waals surface area contributed by atoms with Crippen molar-refractivity contribution in [2.75, 3.05) is 38.5 Å². The summed E-state index contributed by atoms with van der Waals surface area (Å²) in [6.45, 7) is 3.06. The first-order valence-corrected chi connectivity index (χ1v) is 13.1. The van der Waals surface area contributed by atoms with Gasteiger partial charge in [0.2, 0.25) is 5.91 Å². The molecule has 0 aliphatic rings. The summed E-state index contributed by atoms with van der Waals surface area (Å²) < 4.78 is 30.4. The van der Waals surface area contributed by atoms with Crippen molar-refractivity contribution >= 4 is 16.0 Å². The third-order valence-corrected chi connectivity index (χ3v) is 5.85. The number of aliphatic hydroxyl groups is 2. The number of rotatable bonds is 21. The molecule has 0 aromatic rings. The zero-order valence-corrected chi connectivity index (χ0v) is 19.5. The van der Waals surface area contributed by atoms with Gasteiger partial charge < -0.3 is 15.5 Å². The van der Waals surface area contributed by atoms with Crippen molar-refractivity contribution in [1.82, 2.24) is 10.2 Å². The summed E-state index contributed by atoms with van der Waals surface area (Å²) in [7, 11) is -4.25. The molecular weight excluding hydrogens is 408 g/mol. The van der Waals surface area contributed by atoms with Gasteiger partial charge in [0.05, 0.1) is 12.7 Å². The molecular formula is C21H44N2O6S. The van der Waals surface area contributed by atoms with E-state index in [1.807, 2.05) is 0 Å². The van der Waals surface area contributed by atoms with E-state index < -0.39 is 22.0 Å². The van der Waals surface area contributed by atoms with Crippen LogP contribution in [0.25, 0.3) is 0 Å². The van der Waals surface area contributed by atoms with E-state index in [-0.39, 0.29) is 25.6 Å². The first-order chi connectivity index (χ1) is 14.3. The normalized spacial score (nSPS) is 13.0. The molecule has 0 saturated carbocycles. The maximum absolute atomic E-state index is 11.9. The summed E-state index contributed by atoms with van der Waals surface area (Å²) in [5.41, 5.74) is 0. The van der Waals surface area contributed by atoms with Crippen molar-refractivity contribution in [3.8, 4) is 0 Å². The van der Waals surface area contributed by atoms with Gasteiger partial charge in [-0.3, -0.25) is 14.2 Å². The van der Waals surface area contributed by atoms with Crippen LogP contribution in [0, 0.1) is 0 Å². The highest BCUT2D eigenvalue weighted by atomic mass is 32.2. The first kappa shape index (κ1) is 29.3. The highest BCUT2D eigenvalue weighted by Gasteiger charge is 2.17. The van der Waals surface area contributed by atoms with Crippen LogP contribution in [0.4, 0.5) is 0 Å². The minimum absolute atomic E-state index is 0.00513. The molecule has 0 heterocycles. The summed E-state index contributed by atoms with van der Waals surface area (Å²) in [4.78, 5) is 13.6. The lowest BCUT2D eigenvalue weighted by atomic mass is 10.1. The van der Waals surface area contributed by atoms with Crippen LogP contribution in [-0.4, -0.2) is 78.6 Å². The molecule has 9 heteroatoms. The highest BCUT2D eigenvalue weighted by molar-refractivity contribution is 7.85. The van der Waals surface area contributed by atoms with Gasteiger partial charge in [-0.25, -0.2) is 0 Å². The van der Waals surface area contributed by atoms with Gasteiger partial charge in [0.25, 0.3) is 10.1 Å². The van der Waals surface area contributed by atoms with E-state index in [1.54, 1.807) is 4.90 Å². The van der Waals surface area contributed by atoms with E-state index in [0.29, 0.717) is 19.5 Å². The number of unbranched alkanes of at least 4 members (excludes halogenated alkanes) is 10. The number of aliphatic hydroxyl groups excluding tert-OH is 2. The molecule has 0 fully saturated rings. The number of carbonyl (C=O) groups excluding carboxylic acids is 1. The largest absolute Gasteiger partial charge is 0.395 e. The Morgan fingerprint density at radius 1 is 0.933 bits per heavy atom. The maximum Gasteiger partial charge on any atom is 0.267 e. The summed E-state index contributed by atoms with van der Waals surface area (Å²) in [6.07, 6.45) is 12.8. The van der Waals surface area contributed by atoms with Gasteiger partial charge in [0.15, 0.2) is 0 Å². The molecule has 30 heavy (non-hydrogen) atoms. The smallest absolute Gasteiger partial charge is 0.267 e. The summed E-state index contributed by atoms with van der Waals surface area (Å²) in [5.74, 6) is -0.770. The fourth-order valence-electron chi connectivity index (χ4n) is 3.42. The van der Waals surface area contributed by atoms with Gasteiger partial charge in [-0.1, -0.05) is 71.1 Å². The molecule has 0 aromatic heterocycles. The van der Waals surface area contributed by atoms with Gasteiger partial charge >= 0.3 is 0 Å². The molecule has 1 amide bonds. The van der Waals surface area contributed by atoms with Crippen LogP contribution in [-0.2, 0) is 14.9 Å². The molecule has 0 bridgehead atoms. The van der Waals surface area contributed by atoms with Crippen LogP contribution in [0.5, 0.6) is 0 Å². The molecule has 8 nitrogen and oxygen atoms in total. The molecule has 0 aliphatic heterocycles. The molecule has 1 unspecified atom stereocenters. The molecule has 0 aliphatic carbocycles. The van der Waals surface area contributed by atoms with E-state index in [2.05, 4.69) is 12.2 Å². The number of amides is 1. The predicted octanol–water partition coefficient (Wildman–Crippen LogP) is 2.35. The zero-order valence-electron chi connectivity index (χ0n) is 18.7. The van der Waals surface area contributed by atoms with Crippen molar-refractivity contribution in [2.24, 2.45) is 0 Å². The van der Waals surface area contributed by atoms with Crippen molar-refractivity contribution in [3.63, 3.8) is 0 Å². The summed E-state index contributed by atoms with van der Waals surface area (Å²) >= 11 is 0. The fraction of sp³-hybridized carbons (Fsp3) is 0.952. The Labute approximate surface area is 183 Å². The lowest BCUT2D eigenvalue weighted by molar-refractivity contribution is -0.121. The zero-order chi connectivity index (χ0) is 22.7. The lowest BCUT2D eigenvalue weighted by Crippen LogP contribution is -2.42. The van der Waals surface area contributed by atoms with Crippen molar-refractivity contribution in [3.05, 3.63) is 0 Å². The molecule has 4 N–H and O–H groups in total. The van der Waals surface area contributed by atoms with Gasteiger partial charge in [-0.05, 0) is 6.42 Å². The second-order valence-corrected chi connectivity index (χ2v) is 9.56. The van der Waals surface area contributed by atoms with Crippen LogP contribution in [0.2, 0.25) is 0 Å². The van der Waals surface area contributed by atoms with Crippen LogP contribution in [0.3, 0.4) is 0 Å². The van der Waals surface area contributed by atoms with Crippen LogP contribution >= 0.6 is 0 Å². The molecule has 0 spiro atoms. The van der Waals surface area contributed by atoms with Crippen molar-refractivity contribution < 1.29 is 28.0 Å². The molecule has 0 rings (SSSR count). The first-order valence-electron chi connectivity index (χ1n) is 11.5. The predicted molar refractivity (Wildman–Crippen MR) is 120 cm³/mol. The Balaban J connectivity index is 3.71. The van der Waals surface area contributed by atoms with Crippen molar-refractivity contribution in [2.45, 2.75) is 90.1 Å². The Morgan fingerprint density at radius 2 is 1.47 bits per heavy atom. The summed E-state index contributed by atoms with van der Waals surface area (Å²) in [6, 6.07) is 0. The topological polar surface area (TPSA) is 127 Å². The minimum Gasteiger partial charge on any atom is -0.395 e. The quantitative estimate of drug-likeness (QED) is 0.155. The third-order valence-electron chi connectivity index (χ3n) is 5.05. The Kier molecular flexibility index (Phi) is 18.5. The van der Waals surface area contributed by atoms with Crippen molar-refractivity contribution in [1.29, 1.82) is 0 Å². The third kappa shape index (κ3) is 20.5. The Morgan fingerprint density at radius 3 is 1.97 bits per heavy atom. The number of nitrogens with zero attached hydrogens (tertiary/aromatic N) is 1. The standard InChI is InChI=1S/C21H44N2O6S/c1-2-3-4-5-6-7-8-9-10-11-12-13-21(26)22-14-15-23(16-17-24)18-20(25)19-30(27,28)29/h20,24-25H,2-19H2,1H3,(H,22,26)(H,27,28,29). The van der Waals surface area contributed by atoms with Crippen LogP contribution in [0.1, 0.15) is 84.0 Å². The van der Waals surface area contributed by atoms with E-state index in [1.165, 1.54) is 51.4 Å². The average Bonchev–Trinajstić information content (AvgIpc) is 2.64. The van der Waals surface area contributed by atoms with E-state index >= 15 is 0 Å². The lowest BCUT2D eigenvalue weighted by Gasteiger charge is -2.23. The molecule has 1 atom stereocenters. The van der Waals surface area contributed by atoms with Gasteiger partial charge in [-0.2, -0.15) is 8.42 Å². The van der Waals surface area contributed by atoms with Crippen LogP contribution < -0.4 is 5.32 Å². The van der Waals surface area contributed by atoms with Crippen LogP contribution in [0.15, 0.2) is 0 Å². The highest BCUT2D eigenvalue weighted by Crippen LogP contribution is 2.11. The van der Waals surface area contributed by atoms with E-state index in [4.69, 9.17) is 9.66 Å². The van der Waals surface area contributed by atoms with Gasteiger partial charge in [0, 0.05) is 32.6 Å². The second-order valence-electron chi connectivity index (χ2n) is 8.06. The number of carbonyl (C=O) groups is 1. The molecule has 180 valence electrons. The summed E-state index contributed by atoms with van der Waals surface area (Å²) in [5, 5.41) is 21.6. The minimum atomic E-state index is -4.25. The number of hydrogen-bond donors (Lipinski definition) is 4. The maximum atomic E-state index is 11.9. The SMILES string of the molecule is CCCCCCCCCCCCCC(=O)NCCN(CCO)CC(O)CS(=O)(=O)O. The Hall–Kier alpha value is -0.740. The van der Waals surface area contributed by atoms with Gasteiger partial charge in [-0.15, -0.1) is 0 Å². The monoisotopic (exact) mass is 452 g/mol. The molecule has 0 radical (unpaired) electrons. The van der Waals surface area contributed by atoms with Gasteiger partial charge in [0.1, 0.15) is 5.75 Å². The second kappa shape index (κ2) is 19.0. The fourth-order valence-corrected chi connectivity index (χ4v) is 4.01. The van der Waals surface area contributed by atoms with E-state index in [0.717, 1.165) is 19.3 Å². The molecule has 0 aromatic carbocycles.